The monoisotopic (exact) mass is 334 g/mol. The second-order valence-corrected chi connectivity index (χ2v) is 6.94. The molecule has 0 N–H and O–H groups in total. The Balaban J connectivity index is 1.55. The van der Waals surface area contributed by atoms with Crippen molar-refractivity contribution in [2.45, 2.75) is 24.8 Å². The van der Waals surface area contributed by atoms with Crippen LogP contribution < -0.4 is 4.90 Å². The summed E-state index contributed by atoms with van der Waals surface area (Å²) in [5, 5.41) is 0. The molecule has 0 aromatic heterocycles. The molecule has 1 fully saturated rings. The zero-order valence-corrected chi connectivity index (χ0v) is 14.2. The number of carbonyl (C=O) groups excluding carboxylic acids is 2. The maximum absolute atomic E-state index is 13.1. The van der Waals surface area contributed by atoms with Gasteiger partial charge in [-0.2, -0.15) is 0 Å². The zero-order chi connectivity index (χ0) is 17.3. The molecule has 2 aliphatic heterocycles. The molecule has 128 valence electrons. The molecule has 2 heterocycles. The lowest BCUT2D eigenvalue weighted by Crippen LogP contribution is -2.48. The number of rotatable bonds is 4. The number of hydrogen-bond acceptors (Lipinski definition) is 3. The van der Waals surface area contributed by atoms with Gasteiger partial charge < -0.3 is 9.69 Å². The van der Waals surface area contributed by atoms with E-state index in [1.807, 2.05) is 24.3 Å². The van der Waals surface area contributed by atoms with E-state index in [2.05, 4.69) is 35.2 Å². The summed E-state index contributed by atoms with van der Waals surface area (Å²) in [4.78, 5) is 28.3. The summed E-state index contributed by atoms with van der Waals surface area (Å²) in [6, 6.07) is 18.4. The fraction of sp³-hybridized carbons (Fsp3) is 0.333. The highest BCUT2D eigenvalue weighted by atomic mass is 16.2. The van der Waals surface area contributed by atoms with Crippen LogP contribution in [-0.2, 0) is 21.5 Å². The van der Waals surface area contributed by atoms with Crippen molar-refractivity contribution in [1.82, 2.24) is 4.90 Å². The standard InChI is InChI=1S/C21H22N2O2/c24-15-14-23-19-9-5-4-8-18(19)21(20(23)25)10-12-22(13-11-21)16-17-6-2-1-3-7-17/h1-9,15H,10-14,16H2. The van der Waals surface area contributed by atoms with Gasteiger partial charge >= 0.3 is 0 Å². The van der Waals surface area contributed by atoms with Gasteiger partial charge in [-0.05, 0) is 43.1 Å². The van der Waals surface area contributed by atoms with Crippen LogP contribution in [0.5, 0.6) is 0 Å². The van der Waals surface area contributed by atoms with Crippen molar-refractivity contribution in [1.29, 1.82) is 0 Å². The first kappa shape index (κ1) is 16.0. The Morgan fingerprint density at radius 2 is 1.64 bits per heavy atom. The Morgan fingerprint density at radius 1 is 0.960 bits per heavy atom. The van der Waals surface area contributed by atoms with Crippen LogP contribution in [0.15, 0.2) is 54.6 Å². The van der Waals surface area contributed by atoms with Crippen LogP contribution in [0.25, 0.3) is 0 Å². The topological polar surface area (TPSA) is 40.6 Å². The molecule has 4 nitrogen and oxygen atoms in total. The fourth-order valence-corrected chi connectivity index (χ4v) is 4.27. The first-order valence-corrected chi connectivity index (χ1v) is 8.86. The van der Waals surface area contributed by atoms with Crippen molar-refractivity contribution in [2.75, 3.05) is 24.5 Å². The Morgan fingerprint density at radius 3 is 2.36 bits per heavy atom. The molecule has 0 bridgehead atoms. The van der Waals surface area contributed by atoms with Crippen LogP contribution in [0.1, 0.15) is 24.0 Å². The van der Waals surface area contributed by atoms with Crippen LogP contribution in [0, 0.1) is 0 Å². The van der Waals surface area contributed by atoms with E-state index in [0.29, 0.717) is 0 Å². The minimum absolute atomic E-state index is 0.0974. The SMILES string of the molecule is O=CCN1C(=O)C2(CCN(Cc3ccccc3)CC2)c2ccccc21. The molecule has 4 rings (SSSR count). The summed E-state index contributed by atoms with van der Waals surface area (Å²) in [5.74, 6) is 0.0974. The van der Waals surface area contributed by atoms with Gasteiger partial charge in [-0.1, -0.05) is 48.5 Å². The predicted molar refractivity (Wildman–Crippen MR) is 97.5 cm³/mol. The van der Waals surface area contributed by atoms with Crippen LogP contribution >= 0.6 is 0 Å². The van der Waals surface area contributed by atoms with E-state index in [1.165, 1.54) is 5.56 Å². The number of carbonyl (C=O) groups is 2. The molecule has 0 atom stereocenters. The van der Waals surface area contributed by atoms with Gasteiger partial charge in [0.05, 0.1) is 12.0 Å². The average Bonchev–Trinajstić information content (AvgIpc) is 2.88. The van der Waals surface area contributed by atoms with Crippen LogP contribution in [0.4, 0.5) is 5.69 Å². The van der Waals surface area contributed by atoms with Crippen LogP contribution in [0.2, 0.25) is 0 Å². The molecule has 2 aliphatic rings. The highest BCUT2D eigenvalue weighted by Gasteiger charge is 2.51. The summed E-state index contributed by atoms with van der Waals surface area (Å²) in [7, 11) is 0. The van der Waals surface area contributed by atoms with Crippen molar-refractivity contribution in [2.24, 2.45) is 0 Å². The van der Waals surface area contributed by atoms with Gasteiger partial charge in [-0.25, -0.2) is 0 Å². The van der Waals surface area contributed by atoms with Gasteiger partial charge in [-0.15, -0.1) is 0 Å². The Hall–Kier alpha value is -2.46. The van der Waals surface area contributed by atoms with E-state index >= 15 is 0 Å². The quantitative estimate of drug-likeness (QED) is 0.807. The molecule has 25 heavy (non-hydrogen) atoms. The minimum Gasteiger partial charge on any atom is -0.304 e. The van der Waals surface area contributed by atoms with E-state index in [4.69, 9.17) is 0 Å². The molecule has 0 radical (unpaired) electrons. The summed E-state index contributed by atoms with van der Waals surface area (Å²) >= 11 is 0. The van der Waals surface area contributed by atoms with Gasteiger partial charge in [0.1, 0.15) is 6.29 Å². The number of aldehydes is 1. The zero-order valence-electron chi connectivity index (χ0n) is 14.2. The summed E-state index contributed by atoms with van der Waals surface area (Å²) in [6.07, 6.45) is 2.44. The van der Waals surface area contributed by atoms with Gasteiger partial charge in [0.15, 0.2) is 0 Å². The molecule has 1 spiro atoms. The van der Waals surface area contributed by atoms with Gasteiger partial charge in [0.2, 0.25) is 5.91 Å². The second-order valence-electron chi connectivity index (χ2n) is 6.94. The molecule has 1 saturated heterocycles. The van der Waals surface area contributed by atoms with E-state index in [0.717, 1.165) is 50.0 Å². The van der Waals surface area contributed by atoms with Gasteiger partial charge in [0.25, 0.3) is 0 Å². The number of amides is 1. The largest absolute Gasteiger partial charge is 0.304 e. The molecule has 0 unspecified atom stereocenters. The number of para-hydroxylation sites is 1. The number of anilines is 1. The smallest absolute Gasteiger partial charge is 0.238 e. The van der Waals surface area contributed by atoms with Gasteiger partial charge in [-0.3, -0.25) is 9.69 Å². The number of likely N-dealkylation sites (tertiary alicyclic amines) is 1. The van der Waals surface area contributed by atoms with Gasteiger partial charge in [0, 0.05) is 12.2 Å². The van der Waals surface area contributed by atoms with Crippen molar-refractivity contribution < 1.29 is 9.59 Å². The molecule has 4 heteroatoms. The molecule has 0 aliphatic carbocycles. The lowest BCUT2D eigenvalue weighted by molar-refractivity contribution is -0.125. The number of piperidine rings is 1. The number of hydrogen-bond donors (Lipinski definition) is 0. The molecule has 0 saturated carbocycles. The van der Waals surface area contributed by atoms with Crippen molar-refractivity contribution >= 4 is 17.9 Å². The van der Waals surface area contributed by atoms with E-state index in [9.17, 15) is 9.59 Å². The maximum Gasteiger partial charge on any atom is 0.238 e. The third-order valence-electron chi connectivity index (χ3n) is 5.58. The van der Waals surface area contributed by atoms with Crippen molar-refractivity contribution in [3.63, 3.8) is 0 Å². The number of fused-ring (bicyclic) bond motifs is 2. The third-order valence-corrected chi connectivity index (χ3v) is 5.58. The Bertz CT molecular complexity index is 779. The van der Waals surface area contributed by atoms with E-state index in [-0.39, 0.29) is 12.5 Å². The lowest BCUT2D eigenvalue weighted by Gasteiger charge is -2.38. The number of nitrogens with zero attached hydrogens (tertiary/aromatic N) is 2. The summed E-state index contributed by atoms with van der Waals surface area (Å²) in [6.45, 7) is 2.85. The molecular weight excluding hydrogens is 312 g/mol. The molecule has 2 aromatic rings. The minimum atomic E-state index is -0.452. The molecule has 1 amide bonds. The fourth-order valence-electron chi connectivity index (χ4n) is 4.27. The number of benzene rings is 2. The highest BCUT2D eigenvalue weighted by molar-refractivity contribution is 6.09. The normalized spacial score (nSPS) is 19.2. The lowest BCUT2D eigenvalue weighted by atomic mass is 9.73. The first-order valence-electron chi connectivity index (χ1n) is 8.86. The maximum atomic E-state index is 13.1. The molecule has 2 aromatic carbocycles. The Labute approximate surface area is 148 Å². The third kappa shape index (κ3) is 2.67. The Kier molecular flexibility index (Phi) is 4.14. The van der Waals surface area contributed by atoms with Crippen LogP contribution in [-0.4, -0.2) is 36.7 Å². The van der Waals surface area contributed by atoms with E-state index in [1.54, 1.807) is 4.90 Å². The highest BCUT2D eigenvalue weighted by Crippen LogP contribution is 2.47. The van der Waals surface area contributed by atoms with E-state index < -0.39 is 5.41 Å². The van der Waals surface area contributed by atoms with Crippen molar-refractivity contribution in [3.05, 3.63) is 65.7 Å². The molecular formula is C21H22N2O2. The summed E-state index contributed by atoms with van der Waals surface area (Å²) < 4.78 is 0. The first-order chi connectivity index (χ1) is 12.2. The average molecular weight is 334 g/mol. The van der Waals surface area contributed by atoms with Crippen LogP contribution in [0.3, 0.4) is 0 Å². The van der Waals surface area contributed by atoms with Crippen molar-refractivity contribution in [3.8, 4) is 0 Å². The predicted octanol–water partition coefficient (Wildman–Crippen LogP) is 2.77. The second kappa shape index (κ2) is 6.45. The summed E-state index contributed by atoms with van der Waals surface area (Å²) in [5.41, 5.74) is 2.86.